The van der Waals surface area contributed by atoms with Gasteiger partial charge in [-0.2, -0.15) is 0 Å². The fourth-order valence-electron chi connectivity index (χ4n) is 1.24. The van der Waals surface area contributed by atoms with E-state index in [2.05, 4.69) is 15.3 Å². The molecule has 0 spiro atoms. The van der Waals surface area contributed by atoms with Gasteiger partial charge in [-0.25, -0.2) is 14.8 Å². The molecule has 2 amide bonds. The number of nitrogens with two attached hydrogens (primary N) is 1. The molecular formula is C11H9ClN4O2. The Balaban J connectivity index is 2.08. The molecule has 6 nitrogen and oxygen atoms in total. The van der Waals surface area contributed by atoms with E-state index in [-0.39, 0.29) is 0 Å². The molecule has 2 rings (SSSR count). The van der Waals surface area contributed by atoms with Crippen molar-refractivity contribution in [1.29, 1.82) is 0 Å². The molecule has 0 fully saturated rings. The lowest BCUT2D eigenvalue weighted by Gasteiger charge is -2.06. The number of rotatable bonds is 3. The van der Waals surface area contributed by atoms with Crippen LogP contribution in [0.4, 0.5) is 10.5 Å². The zero-order valence-corrected chi connectivity index (χ0v) is 9.89. The Bertz CT molecular complexity index is 559. The highest BCUT2D eigenvalue weighted by Gasteiger charge is 2.01. The molecule has 0 unspecified atom stereocenters. The number of hydrogen-bond acceptors (Lipinski definition) is 4. The highest BCUT2D eigenvalue weighted by molar-refractivity contribution is 6.29. The summed E-state index contributed by atoms with van der Waals surface area (Å²) in [7, 11) is 0. The van der Waals surface area contributed by atoms with Gasteiger partial charge in [0.2, 0.25) is 5.88 Å². The third-order valence-corrected chi connectivity index (χ3v) is 2.16. The van der Waals surface area contributed by atoms with E-state index < -0.39 is 6.03 Å². The molecule has 0 aliphatic carbocycles. The molecule has 0 atom stereocenters. The minimum Gasteiger partial charge on any atom is -0.439 e. The number of primary amides is 1. The van der Waals surface area contributed by atoms with E-state index in [9.17, 15) is 4.79 Å². The Kier molecular flexibility index (Phi) is 3.59. The molecular weight excluding hydrogens is 256 g/mol. The first-order valence-electron chi connectivity index (χ1n) is 4.95. The minimum atomic E-state index is -0.619. The Morgan fingerprint density at radius 1 is 1.28 bits per heavy atom. The van der Waals surface area contributed by atoms with E-state index in [0.717, 1.165) is 0 Å². The summed E-state index contributed by atoms with van der Waals surface area (Å²) in [6, 6.07) is 7.53. The smallest absolute Gasteiger partial charge is 0.316 e. The van der Waals surface area contributed by atoms with E-state index in [0.29, 0.717) is 22.5 Å². The van der Waals surface area contributed by atoms with Crippen LogP contribution in [0.5, 0.6) is 11.6 Å². The zero-order chi connectivity index (χ0) is 13.0. The van der Waals surface area contributed by atoms with Crippen LogP contribution in [0.2, 0.25) is 5.15 Å². The maximum atomic E-state index is 10.6. The third-order valence-electron chi connectivity index (χ3n) is 1.95. The second-order valence-electron chi connectivity index (χ2n) is 3.29. The number of anilines is 1. The zero-order valence-electron chi connectivity index (χ0n) is 9.13. The van der Waals surface area contributed by atoms with Crippen LogP contribution in [0.1, 0.15) is 0 Å². The monoisotopic (exact) mass is 264 g/mol. The highest BCUT2D eigenvalue weighted by Crippen LogP contribution is 2.22. The Labute approximate surface area is 108 Å². The number of nitrogens with one attached hydrogen (secondary N) is 1. The number of amides is 2. The number of benzene rings is 1. The van der Waals surface area contributed by atoms with Gasteiger partial charge in [-0.15, -0.1) is 0 Å². The lowest BCUT2D eigenvalue weighted by Crippen LogP contribution is -2.19. The molecule has 0 bridgehead atoms. The lowest BCUT2D eigenvalue weighted by molar-refractivity contribution is 0.259. The maximum absolute atomic E-state index is 10.6. The van der Waals surface area contributed by atoms with Gasteiger partial charge in [0.15, 0.2) is 0 Å². The summed E-state index contributed by atoms with van der Waals surface area (Å²) in [6.45, 7) is 0. The van der Waals surface area contributed by atoms with Crippen molar-refractivity contribution in [1.82, 2.24) is 9.97 Å². The Morgan fingerprint density at radius 2 is 2.00 bits per heavy atom. The molecule has 0 saturated carbocycles. The van der Waals surface area contributed by atoms with Crippen molar-refractivity contribution in [2.75, 3.05) is 5.32 Å². The van der Waals surface area contributed by atoms with Gasteiger partial charge >= 0.3 is 6.03 Å². The number of ether oxygens (including phenoxy) is 1. The second-order valence-corrected chi connectivity index (χ2v) is 3.68. The number of carbonyl (C=O) groups is 1. The minimum absolute atomic E-state index is 0.298. The summed E-state index contributed by atoms with van der Waals surface area (Å²) in [6.07, 6.45) is 1.31. The molecule has 0 radical (unpaired) electrons. The molecule has 1 heterocycles. The van der Waals surface area contributed by atoms with Gasteiger partial charge in [0, 0.05) is 11.8 Å². The Morgan fingerprint density at radius 3 is 2.61 bits per heavy atom. The van der Waals surface area contributed by atoms with Crippen LogP contribution in [-0.4, -0.2) is 16.0 Å². The van der Waals surface area contributed by atoms with Crippen molar-refractivity contribution < 1.29 is 9.53 Å². The summed E-state index contributed by atoms with van der Waals surface area (Å²) in [5.74, 6) is 0.894. The van der Waals surface area contributed by atoms with Crippen LogP contribution in [0.25, 0.3) is 0 Å². The largest absolute Gasteiger partial charge is 0.439 e. The van der Waals surface area contributed by atoms with Crippen LogP contribution in [0.15, 0.2) is 36.7 Å². The molecule has 1 aromatic heterocycles. The van der Waals surface area contributed by atoms with Gasteiger partial charge in [-0.05, 0) is 24.3 Å². The van der Waals surface area contributed by atoms with Crippen molar-refractivity contribution in [3.8, 4) is 11.6 Å². The van der Waals surface area contributed by atoms with Gasteiger partial charge in [-0.1, -0.05) is 11.6 Å². The maximum Gasteiger partial charge on any atom is 0.316 e. The summed E-state index contributed by atoms with van der Waals surface area (Å²) < 4.78 is 5.44. The van der Waals surface area contributed by atoms with Gasteiger partial charge in [0.1, 0.15) is 17.2 Å². The summed E-state index contributed by atoms with van der Waals surface area (Å²) in [4.78, 5) is 18.3. The second kappa shape index (κ2) is 5.33. The van der Waals surface area contributed by atoms with Crippen molar-refractivity contribution in [2.45, 2.75) is 0 Å². The van der Waals surface area contributed by atoms with Gasteiger partial charge < -0.3 is 15.8 Å². The fourth-order valence-corrected chi connectivity index (χ4v) is 1.38. The van der Waals surface area contributed by atoms with Gasteiger partial charge in [0.25, 0.3) is 0 Å². The number of carbonyl (C=O) groups excluding carboxylic acids is 1. The Hall–Kier alpha value is -2.34. The average Bonchev–Trinajstić information content (AvgIpc) is 2.31. The SMILES string of the molecule is NC(=O)Nc1ccc(Oc2cc(Cl)ncn2)cc1. The van der Waals surface area contributed by atoms with E-state index in [4.69, 9.17) is 22.1 Å². The number of halogens is 1. The third kappa shape index (κ3) is 3.33. The topological polar surface area (TPSA) is 90.1 Å². The average molecular weight is 265 g/mol. The molecule has 0 aliphatic rings. The molecule has 1 aromatic carbocycles. The summed E-state index contributed by atoms with van der Waals surface area (Å²) >= 11 is 5.70. The number of aromatic nitrogens is 2. The summed E-state index contributed by atoms with van der Waals surface area (Å²) in [5, 5.41) is 2.74. The number of nitrogens with zero attached hydrogens (tertiary/aromatic N) is 2. The van der Waals surface area contributed by atoms with Crippen molar-refractivity contribution in [3.05, 3.63) is 41.8 Å². The molecule has 92 valence electrons. The predicted molar refractivity (Wildman–Crippen MR) is 66.8 cm³/mol. The van der Waals surface area contributed by atoms with E-state index in [1.807, 2.05) is 0 Å². The molecule has 2 aromatic rings. The van der Waals surface area contributed by atoms with Crippen LogP contribution in [0, 0.1) is 0 Å². The number of hydrogen-bond donors (Lipinski definition) is 2. The molecule has 0 aliphatic heterocycles. The first-order chi connectivity index (χ1) is 8.63. The van der Waals surface area contributed by atoms with Gasteiger partial charge in [-0.3, -0.25) is 0 Å². The normalized spacial score (nSPS) is 9.83. The van der Waals surface area contributed by atoms with Crippen LogP contribution >= 0.6 is 11.6 Å². The van der Waals surface area contributed by atoms with Crippen molar-refractivity contribution in [3.63, 3.8) is 0 Å². The summed E-state index contributed by atoms with van der Waals surface area (Å²) in [5.41, 5.74) is 5.57. The quantitative estimate of drug-likeness (QED) is 0.833. The van der Waals surface area contributed by atoms with Crippen LogP contribution in [0.3, 0.4) is 0 Å². The number of urea groups is 1. The molecule has 7 heteroatoms. The standard InChI is InChI=1S/C11H9ClN4O2/c12-9-5-10(15-6-14-9)18-8-3-1-7(2-4-8)16-11(13)17/h1-6H,(H3,13,16,17). The van der Waals surface area contributed by atoms with Crippen molar-refractivity contribution >= 4 is 23.3 Å². The predicted octanol–water partition coefficient (Wildman–Crippen LogP) is 2.41. The molecule has 3 N–H and O–H groups in total. The van der Waals surface area contributed by atoms with Crippen LogP contribution < -0.4 is 15.8 Å². The molecule has 18 heavy (non-hydrogen) atoms. The van der Waals surface area contributed by atoms with Crippen molar-refractivity contribution in [2.24, 2.45) is 5.73 Å². The van der Waals surface area contributed by atoms with E-state index >= 15 is 0 Å². The van der Waals surface area contributed by atoms with Gasteiger partial charge in [0.05, 0.1) is 0 Å². The van der Waals surface area contributed by atoms with Crippen LogP contribution in [-0.2, 0) is 0 Å². The van der Waals surface area contributed by atoms with E-state index in [1.54, 1.807) is 24.3 Å². The highest BCUT2D eigenvalue weighted by atomic mass is 35.5. The first-order valence-corrected chi connectivity index (χ1v) is 5.33. The first kappa shape index (κ1) is 12.1. The lowest BCUT2D eigenvalue weighted by atomic mass is 10.3. The molecule has 0 saturated heterocycles. The van der Waals surface area contributed by atoms with E-state index in [1.165, 1.54) is 12.4 Å². The fraction of sp³-hybridized carbons (Fsp3) is 0.